The summed E-state index contributed by atoms with van der Waals surface area (Å²) in [7, 11) is 2.15. The fourth-order valence-electron chi connectivity index (χ4n) is 5.21. The quantitative estimate of drug-likeness (QED) is 0.361. The van der Waals surface area contributed by atoms with E-state index in [2.05, 4.69) is 49.6 Å². The number of benzene rings is 2. The lowest BCUT2D eigenvalue weighted by Crippen LogP contribution is -2.44. The van der Waals surface area contributed by atoms with E-state index in [0.717, 1.165) is 75.7 Å². The molecule has 2 fully saturated rings. The van der Waals surface area contributed by atoms with Gasteiger partial charge in [-0.3, -0.25) is 4.57 Å². The molecule has 2 aromatic carbocycles. The molecule has 0 bridgehead atoms. The summed E-state index contributed by atoms with van der Waals surface area (Å²) in [6, 6.07) is 11.8. The van der Waals surface area contributed by atoms with Crippen molar-refractivity contribution in [3.05, 3.63) is 60.3 Å². The maximum absolute atomic E-state index is 14.4. The van der Waals surface area contributed by atoms with Gasteiger partial charge in [0.15, 0.2) is 5.65 Å². The third kappa shape index (κ3) is 4.93. The first kappa shape index (κ1) is 23.6. The molecule has 0 unspecified atom stereocenters. The first-order valence-corrected chi connectivity index (χ1v) is 12.8. The van der Waals surface area contributed by atoms with Crippen molar-refractivity contribution in [2.45, 2.75) is 31.7 Å². The molecule has 0 radical (unpaired) electrons. The highest BCUT2D eigenvalue weighted by Crippen LogP contribution is 2.36. The molecule has 6 rings (SSSR count). The third-order valence-corrected chi connectivity index (χ3v) is 7.29. The molecule has 1 aliphatic carbocycles. The van der Waals surface area contributed by atoms with E-state index in [1.165, 1.54) is 5.69 Å². The van der Waals surface area contributed by atoms with E-state index in [-0.39, 0.29) is 11.7 Å². The molecule has 1 saturated heterocycles. The van der Waals surface area contributed by atoms with Crippen LogP contribution in [0, 0.1) is 11.6 Å². The van der Waals surface area contributed by atoms with E-state index in [1.54, 1.807) is 6.20 Å². The maximum atomic E-state index is 14.4. The second-order valence-electron chi connectivity index (χ2n) is 9.86. The monoisotopic (exact) mass is 504 g/mol. The second kappa shape index (κ2) is 9.93. The zero-order chi connectivity index (χ0) is 25.4. The Kier molecular flexibility index (Phi) is 6.33. The summed E-state index contributed by atoms with van der Waals surface area (Å²) in [6.45, 7) is 4.16. The van der Waals surface area contributed by atoms with Crippen LogP contribution in [0.4, 0.5) is 37.7 Å². The summed E-state index contributed by atoms with van der Waals surface area (Å²) in [5, 5.41) is 6.30. The van der Waals surface area contributed by atoms with Gasteiger partial charge in [0, 0.05) is 49.7 Å². The number of fused-ring (bicyclic) bond motifs is 1. The zero-order valence-electron chi connectivity index (χ0n) is 20.8. The van der Waals surface area contributed by atoms with Gasteiger partial charge in [0.2, 0.25) is 11.9 Å². The summed E-state index contributed by atoms with van der Waals surface area (Å²) in [6.07, 6.45) is 5.84. The number of hydrogen-bond acceptors (Lipinski definition) is 7. The number of nitrogens with one attached hydrogen (secondary N) is 2. The first-order chi connectivity index (χ1) is 18.0. The van der Waals surface area contributed by atoms with Crippen LogP contribution < -0.4 is 15.5 Å². The van der Waals surface area contributed by atoms with Gasteiger partial charge in [-0.25, -0.2) is 18.7 Å². The smallest absolute Gasteiger partial charge is 0.229 e. The number of aromatic nitrogens is 4. The van der Waals surface area contributed by atoms with Crippen molar-refractivity contribution in [3.8, 4) is 0 Å². The molecule has 1 aliphatic heterocycles. The maximum Gasteiger partial charge on any atom is 0.229 e. The Labute approximate surface area is 214 Å². The Morgan fingerprint density at radius 3 is 2.41 bits per heavy atom. The Morgan fingerprint density at radius 2 is 1.65 bits per heavy atom. The number of rotatable bonds is 6. The summed E-state index contributed by atoms with van der Waals surface area (Å²) in [5.41, 5.74) is 3.40. The van der Waals surface area contributed by atoms with Crippen LogP contribution in [0.15, 0.2) is 48.7 Å². The Bertz CT molecular complexity index is 1390. The van der Waals surface area contributed by atoms with Gasteiger partial charge in [0.05, 0.1) is 11.9 Å². The molecule has 2 N–H and O–H groups in total. The summed E-state index contributed by atoms with van der Waals surface area (Å²) in [4.78, 5) is 18.6. The van der Waals surface area contributed by atoms with Crippen LogP contribution >= 0.6 is 0 Å². The van der Waals surface area contributed by atoms with E-state index >= 15 is 0 Å². The summed E-state index contributed by atoms with van der Waals surface area (Å²) in [5.74, 6) is -0.158. The molecular weight excluding hydrogens is 474 g/mol. The fourth-order valence-corrected chi connectivity index (χ4v) is 5.21. The minimum atomic E-state index is -0.542. The lowest BCUT2D eigenvalue weighted by Gasteiger charge is -2.34. The van der Waals surface area contributed by atoms with Crippen LogP contribution in [0.2, 0.25) is 0 Å². The minimum Gasteiger partial charge on any atom is -0.369 e. The van der Waals surface area contributed by atoms with Crippen LogP contribution in [0.1, 0.15) is 31.7 Å². The molecule has 37 heavy (non-hydrogen) atoms. The van der Waals surface area contributed by atoms with E-state index in [1.807, 2.05) is 16.7 Å². The molecule has 192 valence electrons. The number of imidazole rings is 1. The number of piperazine rings is 1. The molecule has 1 saturated carbocycles. The van der Waals surface area contributed by atoms with Gasteiger partial charge in [0.1, 0.15) is 17.2 Å². The van der Waals surface area contributed by atoms with Crippen LogP contribution in [0.25, 0.3) is 11.2 Å². The standard InChI is InChI=1S/C27H30F2N8/c1-35-12-14-36(15-13-35)20-9-7-19(8-10-20)31-26-30-17-24-25(34-26)37(21-4-2-3-5-21)27(33-24)32-23-16-18(28)6-11-22(23)29/h6-11,16-17,21H,2-5,12-15H2,1H3,(H,32,33)(H,30,31,34). The van der Waals surface area contributed by atoms with Gasteiger partial charge in [0.25, 0.3) is 0 Å². The van der Waals surface area contributed by atoms with Crippen molar-refractivity contribution in [1.82, 2.24) is 24.4 Å². The van der Waals surface area contributed by atoms with E-state index in [0.29, 0.717) is 23.1 Å². The van der Waals surface area contributed by atoms with Gasteiger partial charge in [-0.2, -0.15) is 4.98 Å². The zero-order valence-corrected chi connectivity index (χ0v) is 20.8. The molecule has 0 atom stereocenters. The van der Waals surface area contributed by atoms with Gasteiger partial charge in [-0.15, -0.1) is 0 Å². The highest BCUT2D eigenvalue weighted by molar-refractivity contribution is 5.77. The molecule has 3 heterocycles. The largest absolute Gasteiger partial charge is 0.369 e. The molecule has 8 nitrogen and oxygen atoms in total. The van der Waals surface area contributed by atoms with Crippen LogP contribution in [0.3, 0.4) is 0 Å². The molecule has 10 heteroatoms. The van der Waals surface area contributed by atoms with Crippen LogP contribution in [-0.2, 0) is 0 Å². The molecular formula is C27H30F2N8. The van der Waals surface area contributed by atoms with Crippen LogP contribution in [-0.4, -0.2) is 57.6 Å². The van der Waals surface area contributed by atoms with Crippen LogP contribution in [0.5, 0.6) is 0 Å². The topological polar surface area (TPSA) is 74.1 Å². The average Bonchev–Trinajstić information content (AvgIpc) is 3.55. The van der Waals surface area contributed by atoms with Gasteiger partial charge < -0.3 is 20.4 Å². The number of halogens is 2. The normalized spacial score (nSPS) is 17.0. The van der Waals surface area contributed by atoms with E-state index < -0.39 is 11.6 Å². The predicted molar refractivity (Wildman–Crippen MR) is 142 cm³/mol. The molecule has 4 aromatic rings. The molecule has 0 spiro atoms. The SMILES string of the molecule is CN1CCN(c2ccc(Nc3ncc4nc(Nc5cc(F)ccc5F)n(C5CCCC5)c4n3)cc2)CC1. The predicted octanol–water partition coefficient (Wildman–Crippen LogP) is 5.46. The Balaban J connectivity index is 1.28. The number of likely N-dealkylation sites (N-methyl/N-ethyl adjacent to an activating group) is 1. The lowest BCUT2D eigenvalue weighted by molar-refractivity contribution is 0.313. The Hall–Kier alpha value is -3.79. The van der Waals surface area contributed by atoms with Gasteiger partial charge in [-0.05, 0) is 56.3 Å². The summed E-state index contributed by atoms with van der Waals surface area (Å²) >= 11 is 0. The summed E-state index contributed by atoms with van der Waals surface area (Å²) < 4.78 is 30.2. The fraction of sp³-hybridized carbons (Fsp3) is 0.370. The van der Waals surface area contributed by atoms with E-state index in [9.17, 15) is 8.78 Å². The third-order valence-electron chi connectivity index (χ3n) is 7.29. The van der Waals surface area contributed by atoms with Gasteiger partial charge in [-0.1, -0.05) is 12.8 Å². The average molecular weight is 505 g/mol. The second-order valence-corrected chi connectivity index (χ2v) is 9.86. The number of hydrogen-bond donors (Lipinski definition) is 2. The van der Waals surface area contributed by atoms with Crippen molar-refractivity contribution in [3.63, 3.8) is 0 Å². The Morgan fingerprint density at radius 1 is 0.892 bits per heavy atom. The van der Waals surface area contributed by atoms with Crippen molar-refractivity contribution >= 4 is 40.1 Å². The first-order valence-electron chi connectivity index (χ1n) is 12.8. The molecule has 2 aliphatic rings. The van der Waals surface area contributed by atoms with Gasteiger partial charge >= 0.3 is 0 Å². The highest BCUT2D eigenvalue weighted by atomic mass is 19.1. The highest BCUT2D eigenvalue weighted by Gasteiger charge is 2.25. The number of anilines is 5. The molecule has 2 aromatic heterocycles. The van der Waals surface area contributed by atoms with Crippen molar-refractivity contribution in [2.24, 2.45) is 0 Å². The minimum absolute atomic E-state index is 0.0429. The molecule has 0 amide bonds. The van der Waals surface area contributed by atoms with E-state index in [4.69, 9.17) is 4.98 Å². The lowest BCUT2D eigenvalue weighted by atomic mass is 10.2. The van der Waals surface area contributed by atoms with Crippen molar-refractivity contribution < 1.29 is 8.78 Å². The number of nitrogens with zero attached hydrogens (tertiary/aromatic N) is 6. The van der Waals surface area contributed by atoms with Crippen molar-refractivity contribution in [1.29, 1.82) is 0 Å². The van der Waals surface area contributed by atoms with Crippen molar-refractivity contribution in [2.75, 3.05) is 48.8 Å².